The zero-order valence-electron chi connectivity index (χ0n) is 16.1. The number of halogens is 2. The molecule has 0 bridgehead atoms. The van der Waals surface area contributed by atoms with Crippen LogP contribution in [0.4, 0.5) is 11.4 Å². The van der Waals surface area contributed by atoms with Gasteiger partial charge >= 0.3 is 0 Å². The van der Waals surface area contributed by atoms with Gasteiger partial charge in [-0.1, -0.05) is 29.3 Å². The van der Waals surface area contributed by atoms with Crippen molar-refractivity contribution >= 4 is 34.6 Å². The first-order valence-corrected chi connectivity index (χ1v) is 10.2. The van der Waals surface area contributed by atoms with E-state index in [1.165, 1.54) is 0 Å². The number of hydrogen-bond donors (Lipinski definition) is 2. The Hall–Kier alpha value is -2.34. The summed E-state index contributed by atoms with van der Waals surface area (Å²) in [6, 6.07) is 9.54. The molecule has 4 rings (SSSR count). The van der Waals surface area contributed by atoms with Crippen molar-refractivity contribution in [2.24, 2.45) is 0 Å². The lowest BCUT2D eigenvalue weighted by atomic mass is 9.87. The van der Waals surface area contributed by atoms with E-state index in [9.17, 15) is 9.59 Å². The summed E-state index contributed by atoms with van der Waals surface area (Å²) >= 11 is 12.7. The molecule has 0 saturated heterocycles. The van der Waals surface area contributed by atoms with Gasteiger partial charge in [0, 0.05) is 22.3 Å². The summed E-state index contributed by atoms with van der Waals surface area (Å²) < 4.78 is 5.27. The Labute approximate surface area is 178 Å². The standard InChI is InChI=1S/C22H20Cl2N2O3/c1-3-29-22-19(20(27)21(22)28)26-14-4-5-15(11(2)8-14)18-17-12(6-7-25-18)9-13(23)10-16(17)24/h4-5,8-10,18,25-26H,3,6-7H2,1-2H3. The van der Waals surface area contributed by atoms with Crippen LogP contribution in [0, 0.1) is 6.92 Å². The maximum Gasteiger partial charge on any atom is 0.272 e. The summed E-state index contributed by atoms with van der Waals surface area (Å²) in [4.78, 5) is 23.5. The molecule has 150 valence electrons. The van der Waals surface area contributed by atoms with E-state index in [4.69, 9.17) is 27.9 Å². The molecule has 0 radical (unpaired) electrons. The maximum atomic E-state index is 11.9. The zero-order chi connectivity index (χ0) is 20.7. The summed E-state index contributed by atoms with van der Waals surface area (Å²) in [6.07, 6.45) is 0.870. The third-order valence-corrected chi connectivity index (χ3v) is 5.75. The van der Waals surface area contributed by atoms with Gasteiger partial charge in [-0.25, -0.2) is 0 Å². The van der Waals surface area contributed by atoms with Crippen LogP contribution >= 0.6 is 23.2 Å². The predicted octanol–water partition coefficient (Wildman–Crippen LogP) is 4.28. The number of fused-ring (bicyclic) bond motifs is 1. The fourth-order valence-electron chi connectivity index (χ4n) is 3.87. The minimum atomic E-state index is -0.584. The first-order chi connectivity index (χ1) is 13.9. The van der Waals surface area contributed by atoms with E-state index in [2.05, 4.69) is 10.6 Å². The molecule has 1 unspecified atom stereocenters. The van der Waals surface area contributed by atoms with Crippen LogP contribution in [0.2, 0.25) is 10.0 Å². The highest BCUT2D eigenvalue weighted by atomic mass is 35.5. The largest absolute Gasteiger partial charge is 0.488 e. The highest BCUT2D eigenvalue weighted by Gasteiger charge is 2.26. The number of anilines is 2. The van der Waals surface area contributed by atoms with Crippen LogP contribution in [0.15, 0.2) is 39.9 Å². The third-order valence-electron chi connectivity index (χ3n) is 5.22. The fraction of sp³-hybridized carbons (Fsp3) is 0.273. The molecular weight excluding hydrogens is 411 g/mol. The first kappa shape index (κ1) is 20.0. The Morgan fingerprint density at radius 1 is 1.17 bits per heavy atom. The van der Waals surface area contributed by atoms with E-state index >= 15 is 0 Å². The minimum absolute atomic E-state index is 0.0392. The van der Waals surface area contributed by atoms with Crippen LogP contribution < -0.4 is 26.2 Å². The lowest BCUT2D eigenvalue weighted by Crippen LogP contribution is -2.35. The molecule has 1 aliphatic heterocycles. The van der Waals surface area contributed by atoms with Gasteiger partial charge in [0.2, 0.25) is 0 Å². The second-order valence-electron chi connectivity index (χ2n) is 7.09. The molecule has 29 heavy (non-hydrogen) atoms. The van der Waals surface area contributed by atoms with Gasteiger partial charge in [0.25, 0.3) is 10.9 Å². The molecule has 0 amide bonds. The smallest absolute Gasteiger partial charge is 0.272 e. The summed E-state index contributed by atoms with van der Waals surface area (Å²) in [5.41, 5.74) is 4.12. The molecule has 0 aliphatic carbocycles. The Balaban J connectivity index is 1.66. The van der Waals surface area contributed by atoms with E-state index in [-0.39, 0.29) is 17.5 Å². The lowest BCUT2D eigenvalue weighted by Gasteiger charge is -2.30. The molecule has 1 atom stereocenters. The Morgan fingerprint density at radius 2 is 1.97 bits per heavy atom. The second kappa shape index (κ2) is 7.82. The highest BCUT2D eigenvalue weighted by molar-refractivity contribution is 6.35. The molecule has 3 aromatic carbocycles. The molecule has 0 spiro atoms. The molecule has 1 aliphatic rings. The molecule has 2 N–H and O–H groups in total. The number of rotatable bonds is 5. The Kier molecular flexibility index (Phi) is 5.38. The molecule has 0 saturated carbocycles. The van der Waals surface area contributed by atoms with Crippen LogP contribution in [-0.4, -0.2) is 13.2 Å². The maximum absolute atomic E-state index is 11.9. The predicted molar refractivity (Wildman–Crippen MR) is 117 cm³/mol. The van der Waals surface area contributed by atoms with Crippen molar-refractivity contribution < 1.29 is 4.74 Å². The van der Waals surface area contributed by atoms with Crippen molar-refractivity contribution in [3.8, 4) is 5.75 Å². The first-order valence-electron chi connectivity index (χ1n) is 9.45. The molecular formula is C22H20Cl2N2O3. The van der Waals surface area contributed by atoms with Crippen LogP contribution in [0.5, 0.6) is 5.75 Å². The number of hydrogen-bond acceptors (Lipinski definition) is 5. The molecule has 1 heterocycles. The average molecular weight is 431 g/mol. The molecule has 3 aromatic rings. The Morgan fingerprint density at radius 3 is 2.69 bits per heavy atom. The van der Waals surface area contributed by atoms with E-state index < -0.39 is 10.9 Å². The zero-order valence-corrected chi connectivity index (χ0v) is 17.6. The quantitative estimate of drug-likeness (QED) is 0.591. The number of benzene rings is 2. The normalized spacial score (nSPS) is 15.9. The minimum Gasteiger partial charge on any atom is -0.488 e. The third kappa shape index (κ3) is 3.54. The van der Waals surface area contributed by atoms with Crippen LogP contribution in [0.25, 0.3) is 0 Å². The van der Waals surface area contributed by atoms with Crippen molar-refractivity contribution in [1.29, 1.82) is 0 Å². The summed E-state index contributed by atoms with van der Waals surface area (Å²) in [6.45, 7) is 4.93. The molecule has 5 nitrogen and oxygen atoms in total. The molecule has 0 aromatic heterocycles. The van der Waals surface area contributed by atoms with E-state index in [1.807, 2.05) is 31.2 Å². The van der Waals surface area contributed by atoms with Gasteiger partial charge in [0.1, 0.15) is 5.69 Å². The highest BCUT2D eigenvalue weighted by Crippen LogP contribution is 2.38. The van der Waals surface area contributed by atoms with Gasteiger partial charge in [-0.05, 0) is 66.8 Å². The van der Waals surface area contributed by atoms with Gasteiger partial charge in [0.15, 0.2) is 5.75 Å². The van der Waals surface area contributed by atoms with Crippen molar-refractivity contribution in [3.05, 3.63) is 83.1 Å². The topological polar surface area (TPSA) is 67.4 Å². The van der Waals surface area contributed by atoms with E-state index in [1.54, 1.807) is 13.0 Å². The van der Waals surface area contributed by atoms with Gasteiger partial charge < -0.3 is 15.4 Å². The summed E-state index contributed by atoms with van der Waals surface area (Å²) in [5.74, 6) is 0.103. The van der Waals surface area contributed by atoms with Crippen LogP contribution in [-0.2, 0) is 6.42 Å². The van der Waals surface area contributed by atoms with Crippen molar-refractivity contribution in [3.63, 3.8) is 0 Å². The van der Waals surface area contributed by atoms with Gasteiger partial charge in [-0.15, -0.1) is 0 Å². The van der Waals surface area contributed by atoms with Crippen molar-refractivity contribution in [2.75, 3.05) is 18.5 Å². The van der Waals surface area contributed by atoms with Crippen molar-refractivity contribution in [1.82, 2.24) is 5.32 Å². The van der Waals surface area contributed by atoms with Gasteiger partial charge in [0.05, 0.1) is 12.6 Å². The summed E-state index contributed by atoms with van der Waals surface area (Å²) in [7, 11) is 0. The average Bonchev–Trinajstić information content (AvgIpc) is 2.69. The number of aryl methyl sites for hydroxylation is 1. The lowest BCUT2D eigenvalue weighted by molar-refractivity contribution is 0.335. The summed E-state index contributed by atoms with van der Waals surface area (Å²) in [5, 5.41) is 7.85. The van der Waals surface area contributed by atoms with Gasteiger partial charge in [-0.2, -0.15) is 0 Å². The molecule has 7 heteroatoms. The van der Waals surface area contributed by atoms with E-state index in [0.717, 1.165) is 40.9 Å². The van der Waals surface area contributed by atoms with Crippen LogP contribution in [0.1, 0.15) is 35.2 Å². The van der Waals surface area contributed by atoms with Crippen molar-refractivity contribution in [2.45, 2.75) is 26.3 Å². The van der Waals surface area contributed by atoms with E-state index in [0.29, 0.717) is 16.7 Å². The SMILES string of the molecule is CCOc1c(Nc2ccc(C3NCCc4cc(Cl)cc(Cl)c43)c(C)c2)c(=O)c1=O. The fourth-order valence-corrected chi connectivity index (χ4v) is 4.52. The number of ether oxygens (including phenoxy) is 1. The second-order valence-corrected chi connectivity index (χ2v) is 7.93. The van der Waals surface area contributed by atoms with Gasteiger partial charge in [-0.3, -0.25) is 9.59 Å². The molecule has 0 fully saturated rings. The monoisotopic (exact) mass is 430 g/mol. The Bertz CT molecular complexity index is 1170. The van der Waals surface area contributed by atoms with Crippen LogP contribution in [0.3, 0.4) is 0 Å². The number of nitrogens with one attached hydrogen (secondary N) is 2.